The van der Waals surface area contributed by atoms with Gasteiger partial charge in [0.15, 0.2) is 16.6 Å². The van der Waals surface area contributed by atoms with Gasteiger partial charge >= 0.3 is 0 Å². The van der Waals surface area contributed by atoms with Crippen LogP contribution in [0.1, 0.15) is 65.2 Å². The van der Waals surface area contributed by atoms with Gasteiger partial charge in [-0.25, -0.2) is 0 Å². The molecule has 3 unspecified atom stereocenters. The molecule has 0 aromatic heterocycles. The first-order chi connectivity index (χ1) is 15.9. The van der Waals surface area contributed by atoms with Crippen LogP contribution in [-0.2, 0) is 13.4 Å². The second-order valence-electron chi connectivity index (χ2n) is 15.9. The molecule has 7 heteroatoms. The molecular weight excluding hydrogens is 483 g/mol. The molecule has 4 saturated carbocycles. The molecule has 0 radical (unpaired) electrons. The van der Waals surface area contributed by atoms with Gasteiger partial charge < -0.3 is 13.4 Å². The number of oxime groups is 1. The van der Waals surface area contributed by atoms with Gasteiger partial charge in [0.2, 0.25) is 0 Å². The van der Waals surface area contributed by atoms with Gasteiger partial charge in [-0.05, 0) is 139 Å². The van der Waals surface area contributed by atoms with E-state index in [0.717, 1.165) is 30.6 Å². The lowest BCUT2D eigenvalue weighted by Gasteiger charge is -2.63. The predicted molar refractivity (Wildman–Crippen MR) is 155 cm³/mol. The first-order valence-electron chi connectivity index (χ1n) is 14.5. The molecule has 4 aliphatic carbocycles. The third kappa shape index (κ3) is 5.89. The number of hydrogen-bond acceptors (Lipinski definition) is 4. The van der Waals surface area contributed by atoms with Crippen LogP contribution in [0.5, 0.6) is 0 Å². The molecule has 0 aromatic rings. The minimum atomic E-state index is -1.69. The minimum absolute atomic E-state index is 0.131. The minimum Gasteiger partial charge on any atom is -0.456 e. The Morgan fingerprint density at radius 1 is 0.800 bits per heavy atom. The Hall–Kier alpha value is 0.0406. The van der Waals surface area contributed by atoms with Crippen LogP contribution in [0, 0.1) is 34.5 Å². The Morgan fingerprint density at radius 2 is 1.46 bits per heavy atom. The summed E-state index contributed by atoms with van der Waals surface area (Å²) < 4.78 is 20.0. The molecule has 202 valence electrons. The zero-order valence-electron chi connectivity index (χ0n) is 24.8. The van der Waals surface area contributed by atoms with Gasteiger partial charge in [-0.3, -0.25) is 0 Å². The molecular formula is C28H55NO3Si3. The fourth-order valence-electron chi connectivity index (χ4n) is 8.61. The van der Waals surface area contributed by atoms with Crippen LogP contribution in [0.2, 0.25) is 58.9 Å². The lowest BCUT2D eigenvalue weighted by molar-refractivity contribution is -0.157. The number of rotatable bonds is 6. The van der Waals surface area contributed by atoms with Crippen LogP contribution >= 0.6 is 0 Å². The summed E-state index contributed by atoms with van der Waals surface area (Å²) in [6.07, 6.45) is 10.9. The third-order valence-electron chi connectivity index (χ3n) is 9.72. The third-order valence-corrected chi connectivity index (χ3v) is 12.4. The van der Waals surface area contributed by atoms with Crippen LogP contribution in [0.25, 0.3) is 0 Å². The average Bonchev–Trinajstić information content (AvgIpc) is 2.99. The topological polar surface area (TPSA) is 40.0 Å². The zero-order chi connectivity index (χ0) is 26.0. The summed E-state index contributed by atoms with van der Waals surface area (Å²) >= 11 is 0. The van der Waals surface area contributed by atoms with E-state index in [1.165, 1.54) is 44.2 Å². The van der Waals surface area contributed by atoms with Gasteiger partial charge in [-0.2, -0.15) is 0 Å². The normalized spacial score (nSPS) is 43.5. The first kappa shape index (κ1) is 28.1. The molecule has 4 fully saturated rings. The number of hydrogen-bond donors (Lipinski definition) is 0. The molecule has 0 aliphatic heterocycles. The van der Waals surface area contributed by atoms with E-state index >= 15 is 0 Å². The first-order valence-corrected chi connectivity index (χ1v) is 24.7. The van der Waals surface area contributed by atoms with Crippen molar-refractivity contribution < 1.29 is 13.4 Å². The maximum Gasteiger partial charge on any atom is 0.278 e. The molecule has 0 aromatic carbocycles. The van der Waals surface area contributed by atoms with E-state index in [1.54, 1.807) is 0 Å². The van der Waals surface area contributed by atoms with Crippen molar-refractivity contribution in [3.05, 3.63) is 0 Å². The highest BCUT2D eigenvalue weighted by molar-refractivity contribution is 6.70. The number of nitrogens with zero attached hydrogens (tertiary/aromatic N) is 1. The Balaban J connectivity index is 1.64. The lowest BCUT2D eigenvalue weighted by atomic mass is 9.44. The van der Waals surface area contributed by atoms with E-state index in [1.807, 2.05) is 0 Å². The summed E-state index contributed by atoms with van der Waals surface area (Å²) in [5, 5.41) is 4.88. The molecule has 4 rings (SSSR count). The van der Waals surface area contributed by atoms with Crippen LogP contribution < -0.4 is 0 Å². The highest BCUT2D eigenvalue weighted by atomic mass is 28.4. The molecule has 8 atom stereocenters. The van der Waals surface area contributed by atoms with E-state index in [-0.39, 0.29) is 5.41 Å². The Morgan fingerprint density at radius 3 is 2.06 bits per heavy atom. The van der Waals surface area contributed by atoms with E-state index in [2.05, 4.69) is 72.8 Å². The molecule has 0 spiro atoms. The molecule has 35 heavy (non-hydrogen) atoms. The molecule has 0 amide bonds. The predicted octanol–water partition coefficient (Wildman–Crippen LogP) is 8.29. The molecule has 0 saturated heterocycles. The summed E-state index contributed by atoms with van der Waals surface area (Å²) in [7, 11) is -4.87. The van der Waals surface area contributed by atoms with Crippen molar-refractivity contribution in [2.24, 2.45) is 39.7 Å². The van der Waals surface area contributed by atoms with Crippen molar-refractivity contribution in [2.75, 3.05) is 0 Å². The van der Waals surface area contributed by atoms with E-state index in [9.17, 15) is 0 Å². The van der Waals surface area contributed by atoms with Crippen LogP contribution in [-0.4, -0.2) is 42.9 Å². The molecule has 0 bridgehead atoms. The summed E-state index contributed by atoms with van der Waals surface area (Å²) in [4.78, 5) is 0. The van der Waals surface area contributed by atoms with Crippen molar-refractivity contribution in [1.82, 2.24) is 0 Å². The van der Waals surface area contributed by atoms with Gasteiger partial charge in [0.1, 0.15) is 0 Å². The zero-order valence-corrected chi connectivity index (χ0v) is 27.8. The Bertz CT molecular complexity index is 814. The fourth-order valence-corrected chi connectivity index (χ4v) is 11.3. The lowest BCUT2D eigenvalue weighted by Crippen LogP contribution is -2.61. The van der Waals surface area contributed by atoms with Gasteiger partial charge in [0.25, 0.3) is 8.32 Å². The van der Waals surface area contributed by atoms with Crippen molar-refractivity contribution >= 4 is 30.7 Å². The molecule has 4 aliphatic rings. The SMILES string of the molecule is C[C@]12C[C@H](O[Si](C)(C)C)C3C(CC[C@@H]4C[C@H](O[Si](C)(C)C)CC[C@]34C)C1CC/C2=N\O[Si](C)(C)C. The second-order valence-corrected chi connectivity index (χ2v) is 29.2. The van der Waals surface area contributed by atoms with Crippen LogP contribution in [0.4, 0.5) is 0 Å². The molecule has 0 heterocycles. The molecule has 0 N–H and O–H groups in total. The smallest absolute Gasteiger partial charge is 0.278 e. The largest absolute Gasteiger partial charge is 0.456 e. The summed E-state index contributed by atoms with van der Waals surface area (Å²) in [5.41, 5.74) is 1.85. The summed E-state index contributed by atoms with van der Waals surface area (Å²) in [6.45, 7) is 26.1. The van der Waals surface area contributed by atoms with Crippen molar-refractivity contribution in [1.29, 1.82) is 0 Å². The quantitative estimate of drug-likeness (QED) is 0.253. The second kappa shape index (κ2) is 9.35. The average molecular weight is 538 g/mol. The highest BCUT2D eigenvalue weighted by Gasteiger charge is 2.63. The van der Waals surface area contributed by atoms with E-state index in [0.29, 0.717) is 23.5 Å². The Labute approximate surface area is 219 Å². The maximum absolute atomic E-state index is 7.16. The van der Waals surface area contributed by atoms with Crippen molar-refractivity contribution in [2.45, 2.75) is 136 Å². The standard InChI is InChI=1S/C28H55NO3Si3/c1-27-17-16-21(30-33(3,4)5)18-20(27)12-13-22-23-14-15-25(29-32-35(9,10)11)28(23,2)19-24(26(22)27)31-34(6,7)8/h20-24,26H,12-19H2,1-11H3/b29-25+/t20-,21-,22?,23?,24+,26?,27+,28+/m1/s1. The number of fused-ring (bicyclic) bond motifs is 5. The highest BCUT2D eigenvalue weighted by Crippen LogP contribution is 2.66. The Kier molecular flexibility index (Phi) is 7.50. The van der Waals surface area contributed by atoms with E-state index in [4.69, 9.17) is 18.5 Å². The molecule has 4 nitrogen and oxygen atoms in total. The van der Waals surface area contributed by atoms with E-state index < -0.39 is 25.0 Å². The van der Waals surface area contributed by atoms with Crippen molar-refractivity contribution in [3.63, 3.8) is 0 Å². The van der Waals surface area contributed by atoms with Crippen molar-refractivity contribution in [3.8, 4) is 0 Å². The maximum atomic E-state index is 7.16. The van der Waals surface area contributed by atoms with Gasteiger partial charge in [-0.1, -0.05) is 13.8 Å². The van der Waals surface area contributed by atoms with Gasteiger partial charge in [-0.15, -0.1) is 5.16 Å². The monoisotopic (exact) mass is 537 g/mol. The summed E-state index contributed by atoms with van der Waals surface area (Å²) in [5.74, 6) is 2.94. The fraction of sp³-hybridized carbons (Fsp3) is 0.964. The summed E-state index contributed by atoms with van der Waals surface area (Å²) in [6, 6.07) is 0. The van der Waals surface area contributed by atoms with Gasteiger partial charge in [0.05, 0.1) is 5.71 Å². The van der Waals surface area contributed by atoms with Crippen LogP contribution in [0.3, 0.4) is 0 Å². The van der Waals surface area contributed by atoms with Crippen LogP contribution in [0.15, 0.2) is 5.16 Å². The van der Waals surface area contributed by atoms with Gasteiger partial charge in [0, 0.05) is 17.6 Å².